The van der Waals surface area contributed by atoms with Crippen molar-refractivity contribution in [3.63, 3.8) is 0 Å². The van der Waals surface area contributed by atoms with Crippen molar-refractivity contribution in [1.29, 1.82) is 0 Å². The van der Waals surface area contributed by atoms with E-state index >= 15 is 0 Å². The lowest BCUT2D eigenvalue weighted by molar-refractivity contribution is -0.124. The summed E-state index contributed by atoms with van der Waals surface area (Å²) in [6.45, 7) is 0. The Morgan fingerprint density at radius 2 is 0.889 bits per heavy atom. The van der Waals surface area contributed by atoms with Crippen molar-refractivity contribution >= 4 is 5.78 Å². The summed E-state index contributed by atoms with van der Waals surface area (Å²) >= 11 is 0. The Kier molecular flexibility index (Phi) is 2.45. The molecule has 3 aromatic carbocycles. The van der Waals surface area contributed by atoms with Crippen LogP contribution in [-0.4, -0.2) is 5.78 Å². The van der Waals surface area contributed by atoms with Gasteiger partial charge >= 0.3 is 0 Å². The highest BCUT2D eigenvalue weighted by Crippen LogP contribution is 2.80. The predicted octanol–water partition coefficient (Wildman–Crippen LogP) is 5.51. The Balaban J connectivity index is 1.64. The third-order valence-corrected chi connectivity index (χ3v) is 8.05. The number of ketones is 1. The van der Waals surface area contributed by atoms with E-state index in [1.54, 1.807) is 0 Å². The van der Waals surface area contributed by atoms with Gasteiger partial charge in [-0.25, -0.2) is 0 Å². The Morgan fingerprint density at radius 1 is 0.556 bits per heavy atom. The van der Waals surface area contributed by atoms with E-state index in [0.717, 1.165) is 0 Å². The lowest BCUT2D eigenvalue weighted by Gasteiger charge is -2.45. The van der Waals surface area contributed by atoms with Crippen molar-refractivity contribution < 1.29 is 4.79 Å². The van der Waals surface area contributed by atoms with Gasteiger partial charge in [-0.05, 0) is 45.2 Å². The molecule has 27 heavy (non-hydrogen) atoms. The quantitative estimate of drug-likeness (QED) is 0.524. The predicted molar refractivity (Wildman–Crippen MR) is 105 cm³/mol. The van der Waals surface area contributed by atoms with Crippen LogP contribution in [0.25, 0.3) is 0 Å². The average Bonchev–Trinajstić information content (AvgIpc) is 3.26. The summed E-state index contributed by atoms with van der Waals surface area (Å²) in [5.74, 6) is 1.97. The smallest absolute Gasteiger partial charge is 0.134 e. The van der Waals surface area contributed by atoms with Crippen molar-refractivity contribution in [1.82, 2.24) is 0 Å². The minimum Gasteiger partial charge on any atom is -0.300 e. The van der Waals surface area contributed by atoms with E-state index in [1.165, 1.54) is 33.4 Å². The van der Waals surface area contributed by atoms with Gasteiger partial charge in [-0.1, -0.05) is 72.8 Å². The summed E-state index contributed by atoms with van der Waals surface area (Å²) in [4.78, 5) is 12.9. The molecule has 1 spiro atoms. The van der Waals surface area contributed by atoms with Gasteiger partial charge < -0.3 is 0 Å². The molecule has 0 aliphatic heterocycles. The second-order valence-corrected chi connectivity index (χ2v) is 8.80. The van der Waals surface area contributed by atoms with Crippen LogP contribution in [0.2, 0.25) is 0 Å². The van der Waals surface area contributed by atoms with E-state index in [1.807, 2.05) is 0 Å². The maximum Gasteiger partial charge on any atom is 0.134 e. The van der Waals surface area contributed by atoms with Crippen LogP contribution < -0.4 is 0 Å². The molecule has 0 amide bonds. The third kappa shape index (κ3) is 1.42. The van der Waals surface area contributed by atoms with E-state index in [-0.39, 0.29) is 5.41 Å². The summed E-state index contributed by atoms with van der Waals surface area (Å²) in [7, 11) is 0. The average molecular weight is 348 g/mol. The standard InChI is InChI=1S/C26H20O/c27-15-13-22-16-7-1-3-9-18(16)24-20-11-5-6-12-21(20)25-19-10-4-2-8-17(19)23(14-15)26(22,24)25/h1-12,22-25H,13-14H2/t22-,23-,24+,25+,26?/m1/s1. The topological polar surface area (TPSA) is 17.1 Å². The van der Waals surface area contributed by atoms with Crippen molar-refractivity contribution in [2.45, 2.75) is 36.5 Å². The second-order valence-electron chi connectivity index (χ2n) is 8.80. The van der Waals surface area contributed by atoms with E-state index in [0.29, 0.717) is 42.3 Å². The first-order valence-corrected chi connectivity index (χ1v) is 10.1. The first kappa shape index (κ1) is 14.4. The molecule has 0 unspecified atom stereocenters. The first-order valence-electron chi connectivity index (χ1n) is 10.1. The van der Waals surface area contributed by atoms with Crippen LogP contribution >= 0.6 is 0 Å². The molecule has 3 aromatic rings. The molecule has 130 valence electrons. The first-order chi connectivity index (χ1) is 13.3. The normalized spacial score (nSPS) is 33.9. The minimum atomic E-state index is 0.116. The van der Waals surface area contributed by atoms with Crippen LogP contribution in [0.3, 0.4) is 0 Å². The molecule has 1 saturated carbocycles. The molecule has 1 nitrogen and oxygen atoms in total. The lowest BCUT2D eigenvalue weighted by atomic mass is 9.56. The van der Waals surface area contributed by atoms with E-state index in [9.17, 15) is 4.79 Å². The second kappa shape index (κ2) is 4.59. The van der Waals surface area contributed by atoms with E-state index in [2.05, 4.69) is 72.8 Å². The molecule has 4 aliphatic carbocycles. The fourth-order valence-electron chi connectivity index (χ4n) is 7.50. The Morgan fingerprint density at radius 3 is 1.30 bits per heavy atom. The summed E-state index contributed by atoms with van der Waals surface area (Å²) in [6, 6.07) is 27.0. The van der Waals surface area contributed by atoms with Gasteiger partial charge in [-0.2, -0.15) is 0 Å². The molecule has 1 heteroatoms. The fraction of sp³-hybridized carbons (Fsp3) is 0.269. The third-order valence-electron chi connectivity index (χ3n) is 8.05. The molecule has 1 fully saturated rings. The van der Waals surface area contributed by atoms with Gasteiger partial charge in [0, 0.05) is 30.1 Å². The van der Waals surface area contributed by atoms with E-state index in [4.69, 9.17) is 0 Å². The van der Waals surface area contributed by atoms with Crippen molar-refractivity contribution in [3.05, 3.63) is 106 Å². The number of fused-ring (bicyclic) bond motifs is 9. The molecule has 0 radical (unpaired) electrons. The maximum atomic E-state index is 12.9. The van der Waals surface area contributed by atoms with Crippen molar-refractivity contribution in [2.75, 3.05) is 0 Å². The summed E-state index contributed by atoms with van der Waals surface area (Å²) in [5, 5.41) is 0. The maximum absolute atomic E-state index is 12.9. The van der Waals surface area contributed by atoms with Gasteiger partial charge in [0.1, 0.15) is 5.78 Å². The van der Waals surface area contributed by atoms with Gasteiger partial charge in [-0.15, -0.1) is 0 Å². The Bertz CT molecular complexity index is 1050. The molecular formula is C26H20O. The van der Waals surface area contributed by atoms with Gasteiger partial charge in [-0.3, -0.25) is 4.79 Å². The van der Waals surface area contributed by atoms with Crippen molar-refractivity contribution in [3.8, 4) is 0 Å². The number of Topliss-reactive ketones (excluding diaryl/α,β-unsaturated/α-hetero) is 1. The van der Waals surface area contributed by atoms with Gasteiger partial charge in [0.2, 0.25) is 0 Å². The van der Waals surface area contributed by atoms with Gasteiger partial charge in [0.25, 0.3) is 0 Å². The number of hydrogen-bond acceptors (Lipinski definition) is 1. The number of benzene rings is 3. The molecule has 7 rings (SSSR count). The number of hydrogen-bond donors (Lipinski definition) is 0. The lowest BCUT2D eigenvalue weighted by Crippen LogP contribution is -2.40. The molecular weight excluding hydrogens is 328 g/mol. The highest BCUT2D eigenvalue weighted by Gasteiger charge is 2.70. The summed E-state index contributed by atoms with van der Waals surface area (Å²) in [5.41, 5.74) is 8.96. The molecule has 4 aliphatic rings. The summed E-state index contributed by atoms with van der Waals surface area (Å²) < 4.78 is 0. The zero-order chi connectivity index (χ0) is 17.8. The minimum absolute atomic E-state index is 0.116. The van der Waals surface area contributed by atoms with Crippen LogP contribution in [0.5, 0.6) is 0 Å². The van der Waals surface area contributed by atoms with Gasteiger partial charge in [0.05, 0.1) is 0 Å². The molecule has 0 heterocycles. The van der Waals surface area contributed by atoms with Crippen molar-refractivity contribution in [2.24, 2.45) is 5.41 Å². The highest BCUT2D eigenvalue weighted by molar-refractivity contribution is 5.85. The molecule has 0 aromatic heterocycles. The molecule has 0 saturated heterocycles. The molecule has 0 bridgehead atoms. The molecule has 4 atom stereocenters. The number of carbonyl (C=O) groups excluding carboxylic acids is 1. The highest BCUT2D eigenvalue weighted by atomic mass is 16.1. The number of rotatable bonds is 0. The summed E-state index contributed by atoms with van der Waals surface area (Å²) in [6.07, 6.45) is 1.42. The van der Waals surface area contributed by atoms with Gasteiger partial charge in [0.15, 0.2) is 0 Å². The van der Waals surface area contributed by atoms with Crippen LogP contribution in [0.15, 0.2) is 72.8 Å². The zero-order valence-corrected chi connectivity index (χ0v) is 15.1. The van der Waals surface area contributed by atoms with E-state index < -0.39 is 0 Å². The monoisotopic (exact) mass is 348 g/mol. The zero-order valence-electron chi connectivity index (χ0n) is 15.1. The fourth-order valence-corrected chi connectivity index (χ4v) is 7.50. The Labute approximate surface area is 159 Å². The van der Waals surface area contributed by atoms with Crippen LogP contribution in [-0.2, 0) is 4.79 Å². The van der Waals surface area contributed by atoms with Crippen LogP contribution in [0, 0.1) is 5.41 Å². The SMILES string of the molecule is O=C1C[C@@H]2c3ccccc3[C@H]3c4ccccc4[C@@H]4c5ccccc5[C@@H](C1)C342. The van der Waals surface area contributed by atoms with Crippen LogP contribution in [0.1, 0.15) is 69.9 Å². The Hall–Kier alpha value is -2.67. The number of carbonyl (C=O) groups is 1. The molecule has 0 N–H and O–H groups in total. The largest absolute Gasteiger partial charge is 0.300 e. The van der Waals surface area contributed by atoms with Crippen LogP contribution in [0.4, 0.5) is 0 Å².